The predicted molar refractivity (Wildman–Crippen MR) is 151 cm³/mol. The molecule has 8 nitrogen and oxygen atoms in total. The van der Waals surface area contributed by atoms with Crippen LogP contribution in [-0.2, 0) is 14.8 Å². The molecule has 1 aliphatic rings. The van der Waals surface area contributed by atoms with Gasteiger partial charge in [0.25, 0.3) is 0 Å². The Morgan fingerprint density at radius 1 is 0.974 bits per heavy atom. The standard InChI is InChI=1S/C28H34ClN5O3S/c1-21(2)19-34(38(36,37)23-11-9-22(3)10-12-23)20-28(35)33-16-6-15-32(17-18-33)27-14-13-26(30-31-27)24-7-4-5-8-25(24)29/h4-5,7-14,21H,6,15-20H2,1-3H3. The minimum absolute atomic E-state index is 0.0787. The third-order valence-electron chi connectivity index (χ3n) is 6.51. The van der Waals surface area contributed by atoms with E-state index in [1.807, 2.05) is 57.2 Å². The van der Waals surface area contributed by atoms with E-state index in [0.29, 0.717) is 30.4 Å². The Bertz CT molecular complexity index is 1350. The number of anilines is 1. The molecule has 0 N–H and O–H groups in total. The molecule has 1 saturated heterocycles. The van der Waals surface area contributed by atoms with Gasteiger partial charge >= 0.3 is 0 Å². The molecule has 4 rings (SSSR count). The summed E-state index contributed by atoms with van der Waals surface area (Å²) in [6.07, 6.45) is 0.745. The van der Waals surface area contributed by atoms with Crippen LogP contribution in [0.5, 0.6) is 0 Å². The van der Waals surface area contributed by atoms with Crippen molar-refractivity contribution in [3.63, 3.8) is 0 Å². The molecule has 202 valence electrons. The molecule has 0 spiro atoms. The van der Waals surface area contributed by atoms with Crippen molar-refractivity contribution in [3.05, 3.63) is 71.2 Å². The molecule has 0 saturated carbocycles. The first-order chi connectivity index (χ1) is 18.1. The third kappa shape index (κ3) is 6.70. The number of amides is 1. The van der Waals surface area contributed by atoms with Crippen molar-refractivity contribution in [2.75, 3.05) is 44.2 Å². The maximum absolute atomic E-state index is 13.4. The minimum atomic E-state index is -3.79. The van der Waals surface area contributed by atoms with Gasteiger partial charge in [0.2, 0.25) is 15.9 Å². The summed E-state index contributed by atoms with van der Waals surface area (Å²) in [5.74, 6) is 0.622. The second-order valence-corrected chi connectivity index (χ2v) is 12.3. The van der Waals surface area contributed by atoms with Crippen LogP contribution >= 0.6 is 11.6 Å². The number of hydrogen-bond acceptors (Lipinski definition) is 6. The summed E-state index contributed by atoms with van der Waals surface area (Å²) in [5, 5.41) is 9.40. The van der Waals surface area contributed by atoms with E-state index in [4.69, 9.17) is 11.6 Å². The first kappa shape index (κ1) is 28.0. The van der Waals surface area contributed by atoms with Crippen molar-refractivity contribution in [3.8, 4) is 11.3 Å². The Balaban J connectivity index is 1.42. The lowest BCUT2D eigenvalue weighted by atomic mass is 10.1. The Hall–Kier alpha value is -3.01. The van der Waals surface area contributed by atoms with Crippen molar-refractivity contribution in [1.82, 2.24) is 19.4 Å². The fourth-order valence-electron chi connectivity index (χ4n) is 4.47. The number of halogens is 1. The Morgan fingerprint density at radius 2 is 1.71 bits per heavy atom. The van der Waals surface area contributed by atoms with E-state index < -0.39 is 10.0 Å². The number of rotatable bonds is 8. The van der Waals surface area contributed by atoms with Crippen LogP contribution in [0.1, 0.15) is 25.8 Å². The van der Waals surface area contributed by atoms with Crippen LogP contribution in [-0.4, -0.2) is 73.0 Å². The van der Waals surface area contributed by atoms with Crippen LogP contribution in [0.4, 0.5) is 5.82 Å². The highest BCUT2D eigenvalue weighted by atomic mass is 35.5. The molecule has 1 fully saturated rings. The Morgan fingerprint density at radius 3 is 2.37 bits per heavy atom. The minimum Gasteiger partial charge on any atom is -0.353 e. The summed E-state index contributed by atoms with van der Waals surface area (Å²) in [6, 6.07) is 18.1. The van der Waals surface area contributed by atoms with Crippen molar-refractivity contribution in [2.24, 2.45) is 5.92 Å². The highest BCUT2D eigenvalue weighted by Gasteiger charge is 2.30. The average molecular weight is 556 g/mol. The van der Waals surface area contributed by atoms with E-state index in [9.17, 15) is 13.2 Å². The predicted octanol–water partition coefficient (Wildman–Crippen LogP) is 4.49. The summed E-state index contributed by atoms with van der Waals surface area (Å²) in [6.45, 7) is 8.24. The number of sulfonamides is 1. The zero-order valence-corrected chi connectivity index (χ0v) is 23.6. The van der Waals surface area contributed by atoms with Gasteiger partial charge in [-0.2, -0.15) is 4.31 Å². The molecule has 0 radical (unpaired) electrons. The van der Waals surface area contributed by atoms with Gasteiger partial charge in [-0.05, 0) is 49.6 Å². The van der Waals surface area contributed by atoms with Crippen molar-refractivity contribution in [2.45, 2.75) is 32.1 Å². The number of carbonyl (C=O) groups is 1. The summed E-state index contributed by atoms with van der Waals surface area (Å²) < 4.78 is 28.1. The SMILES string of the molecule is Cc1ccc(S(=O)(=O)N(CC(=O)N2CCCN(c3ccc(-c4ccccc4Cl)nn3)CC2)CC(C)C)cc1. The van der Waals surface area contributed by atoms with Gasteiger partial charge in [-0.15, -0.1) is 10.2 Å². The summed E-state index contributed by atoms with van der Waals surface area (Å²) in [7, 11) is -3.79. The normalized spacial score (nSPS) is 14.7. The first-order valence-corrected chi connectivity index (χ1v) is 14.6. The molecule has 3 aromatic rings. The molecule has 0 bridgehead atoms. The molecule has 2 aromatic carbocycles. The van der Waals surface area contributed by atoms with E-state index in [-0.39, 0.29) is 29.8 Å². The number of nitrogens with zero attached hydrogens (tertiary/aromatic N) is 5. The van der Waals surface area contributed by atoms with Crippen LogP contribution in [0.2, 0.25) is 5.02 Å². The fourth-order valence-corrected chi connectivity index (χ4v) is 6.25. The van der Waals surface area contributed by atoms with E-state index in [1.165, 1.54) is 4.31 Å². The van der Waals surface area contributed by atoms with Gasteiger partial charge in [0.05, 0.1) is 22.2 Å². The highest BCUT2D eigenvalue weighted by Crippen LogP contribution is 2.26. The fraction of sp³-hybridized carbons (Fsp3) is 0.393. The quantitative estimate of drug-likeness (QED) is 0.407. The van der Waals surface area contributed by atoms with Crippen LogP contribution in [0.25, 0.3) is 11.3 Å². The van der Waals surface area contributed by atoms with Gasteiger partial charge in [0.15, 0.2) is 5.82 Å². The molecular weight excluding hydrogens is 522 g/mol. The van der Waals surface area contributed by atoms with Crippen LogP contribution in [0.3, 0.4) is 0 Å². The Labute approximate surface area is 230 Å². The maximum Gasteiger partial charge on any atom is 0.243 e. The highest BCUT2D eigenvalue weighted by molar-refractivity contribution is 7.89. The topological polar surface area (TPSA) is 86.7 Å². The van der Waals surface area contributed by atoms with Crippen molar-refractivity contribution < 1.29 is 13.2 Å². The van der Waals surface area contributed by atoms with Gasteiger partial charge in [-0.1, -0.05) is 61.3 Å². The molecule has 1 aliphatic heterocycles. The van der Waals surface area contributed by atoms with Crippen molar-refractivity contribution in [1.29, 1.82) is 0 Å². The third-order valence-corrected chi connectivity index (χ3v) is 8.67. The monoisotopic (exact) mass is 555 g/mol. The van der Waals surface area contributed by atoms with Gasteiger partial charge in [-0.3, -0.25) is 4.79 Å². The van der Waals surface area contributed by atoms with Crippen LogP contribution in [0.15, 0.2) is 65.6 Å². The summed E-state index contributed by atoms with van der Waals surface area (Å²) in [5.41, 5.74) is 2.51. The molecule has 0 atom stereocenters. The zero-order chi connectivity index (χ0) is 27.3. The molecule has 1 aromatic heterocycles. The number of benzene rings is 2. The first-order valence-electron chi connectivity index (χ1n) is 12.8. The molecule has 10 heteroatoms. The summed E-state index contributed by atoms with van der Waals surface area (Å²) in [4.78, 5) is 17.4. The molecular formula is C28H34ClN5O3S. The molecule has 0 unspecified atom stereocenters. The zero-order valence-electron chi connectivity index (χ0n) is 22.0. The largest absolute Gasteiger partial charge is 0.353 e. The summed E-state index contributed by atoms with van der Waals surface area (Å²) >= 11 is 6.29. The molecule has 1 amide bonds. The number of aromatic nitrogens is 2. The van der Waals surface area contributed by atoms with E-state index in [1.54, 1.807) is 29.2 Å². The van der Waals surface area contributed by atoms with E-state index >= 15 is 0 Å². The molecule has 38 heavy (non-hydrogen) atoms. The lowest BCUT2D eigenvalue weighted by molar-refractivity contribution is -0.131. The lowest BCUT2D eigenvalue weighted by Crippen LogP contribution is -2.45. The number of hydrogen-bond donors (Lipinski definition) is 0. The van der Waals surface area contributed by atoms with Gasteiger partial charge in [0, 0.05) is 38.3 Å². The van der Waals surface area contributed by atoms with Crippen LogP contribution < -0.4 is 4.90 Å². The second-order valence-electron chi connectivity index (χ2n) is 9.98. The Kier molecular flexibility index (Phi) is 9.02. The molecule has 0 aliphatic carbocycles. The van der Waals surface area contributed by atoms with Gasteiger partial charge < -0.3 is 9.80 Å². The number of aryl methyl sites for hydroxylation is 1. The number of carbonyl (C=O) groups excluding carboxylic acids is 1. The van der Waals surface area contributed by atoms with Gasteiger partial charge in [0.1, 0.15) is 0 Å². The second kappa shape index (κ2) is 12.2. The maximum atomic E-state index is 13.4. The van der Waals surface area contributed by atoms with Crippen LogP contribution in [0, 0.1) is 12.8 Å². The van der Waals surface area contributed by atoms with Gasteiger partial charge in [-0.25, -0.2) is 8.42 Å². The van der Waals surface area contributed by atoms with E-state index in [0.717, 1.165) is 29.9 Å². The smallest absolute Gasteiger partial charge is 0.243 e. The molecule has 2 heterocycles. The average Bonchev–Trinajstić information content (AvgIpc) is 3.15. The van der Waals surface area contributed by atoms with Crippen molar-refractivity contribution >= 4 is 33.3 Å². The lowest BCUT2D eigenvalue weighted by Gasteiger charge is -2.27. The van der Waals surface area contributed by atoms with E-state index in [2.05, 4.69) is 15.1 Å².